The van der Waals surface area contributed by atoms with E-state index in [9.17, 15) is 9.59 Å². The second kappa shape index (κ2) is 6.55. The normalized spacial score (nSPS) is 11.7. The molecule has 0 spiro atoms. The maximum Gasteiger partial charge on any atom is 0.332 e. The van der Waals surface area contributed by atoms with E-state index in [4.69, 9.17) is 4.74 Å². The lowest BCUT2D eigenvalue weighted by atomic mass is 10.1. The van der Waals surface area contributed by atoms with Gasteiger partial charge in [-0.25, -0.2) is 4.79 Å². The molecule has 0 unspecified atom stereocenters. The first-order valence-electron chi connectivity index (χ1n) is 8.76. The molecule has 27 heavy (non-hydrogen) atoms. The predicted octanol–water partition coefficient (Wildman–Crippen LogP) is 1.39. The number of imidazole rings is 2. The summed E-state index contributed by atoms with van der Waals surface area (Å²) in [6.07, 6.45) is 2.72. The minimum atomic E-state index is -0.387. The largest absolute Gasteiger partial charge is 0.385 e. The summed E-state index contributed by atoms with van der Waals surface area (Å²) in [5, 5.41) is 0. The van der Waals surface area contributed by atoms with Gasteiger partial charge in [0.2, 0.25) is 5.78 Å². The van der Waals surface area contributed by atoms with Crippen molar-refractivity contribution in [2.45, 2.75) is 13.0 Å². The molecule has 3 heterocycles. The zero-order chi connectivity index (χ0) is 19.1. The summed E-state index contributed by atoms with van der Waals surface area (Å²) in [4.78, 5) is 29.6. The summed E-state index contributed by atoms with van der Waals surface area (Å²) in [6.45, 7) is 1.31. The van der Waals surface area contributed by atoms with Crippen molar-refractivity contribution >= 4 is 16.9 Å². The van der Waals surface area contributed by atoms with Crippen LogP contribution in [0.1, 0.15) is 6.42 Å². The first kappa shape index (κ1) is 17.3. The Hall–Kier alpha value is -3.13. The van der Waals surface area contributed by atoms with Crippen molar-refractivity contribution in [2.24, 2.45) is 14.1 Å². The Morgan fingerprint density at radius 3 is 2.52 bits per heavy atom. The molecule has 0 aliphatic heterocycles. The summed E-state index contributed by atoms with van der Waals surface area (Å²) in [5.41, 5.74) is 2.05. The number of nitrogens with zero attached hydrogens (tertiary/aromatic N) is 5. The van der Waals surface area contributed by atoms with Gasteiger partial charge in [-0.05, 0) is 12.0 Å². The van der Waals surface area contributed by atoms with Crippen LogP contribution in [0.2, 0.25) is 0 Å². The number of rotatable bonds is 5. The number of hydrogen-bond acceptors (Lipinski definition) is 4. The molecule has 1 aromatic carbocycles. The second-order valence-corrected chi connectivity index (χ2v) is 6.54. The van der Waals surface area contributed by atoms with Gasteiger partial charge >= 0.3 is 5.69 Å². The number of aryl methyl sites for hydroxylation is 2. The highest BCUT2D eigenvalue weighted by atomic mass is 16.5. The van der Waals surface area contributed by atoms with Crippen LogP contribution in [0.5, 0.6) is 0 Å². The zero-order valence-corrected chi connectivity index (χ0v) is 15.5. The van der Waals surface area contributed by atoms with Crippen molar-refractivity contribution in [1.82, 2.24) is 23.1 Å². The molecule has 0 bridgehead atoms. The van der Waals surface area contributed by atoms with Crippen molar-refractivity contribution in [3.63, 3.8) is 0 Å². The van der Waals surface area contributed by atoms with Gasteiger partial charge < -0.3 is 9.30 Å². The van der Waals surface area contributed by atoms with Crippen LogP contribution in [0, 0.1) is 0 Å². The maximum absolute atomic E-state index is 12.8. The number of ether oxygens (including phenoxy) is 1. The molecule has 0 saturated carbocycles. The summed E-state index contributed by atoms with van der Waals surface area (Å²) in [7, 11) is 4.79. The molecule has 0 atom stereocenters. The van der Waals surface area contributed by atoms with E-state index in [0.717, 1.165) is 22.2 Å². The molecular weight excluding hydrogens is 346 g/mol. The Bertz CT molecular complexity index is 1240. The quantitative estimate of drug-likeness (QED) is 0.500. The molecule has 3 aromatic heterocycles. The number of fused-ring (bicyclic) bond motifs is 3. The van der Waals surface area contributed by atoms with Gasteiger partial charge in [0.05, 0.1) is 5.69 Å². The van der Waals surface area contributed by atoms with E-state index in [0.29, 0.717) is 30.1 Å². The standard InChI is InChI=1S/C19H21N5O3/c1-21-16-15(17(25)22(2)19(21)26)24-12-14(13-8-5-4-6-9-13)23(18(24)20-16)10-7-11-27-3/h4-6,8-9,12H,7,10-11H2,1-3H3. The van der Waals surface area contributed by atoms with Crippen LogP contribution in [0.4, 0.5) is 0 Å². The molecule has 0 radical (unpaired) electrons. The highest BCUT2D eigenvalue weighted by Gasteiger charge is 2.20. The minimum absolute atomic E-state index is 0.353. The van der Waals surface area contributed by atoms with Gasteiger partial charge in [-0.15, -0.1) is 0 Å². The van der Waals surface area contributed by atoms with E-state index >= 15 is 0 Å². The smallest absolute Gasteiger partial charge is 0.332 e. The van der Waals surface area contributed by atoms with Gasteiger partial charge in [-0.3, -0.25) is 18.3 Å². The highest BCUT2D eigenvalue weighted by molar-refractivity contribution is 5.78. The summed E-state index contributed by atoms with van der Waals surface area (Å²) < 4.78 is 11.6. The van der Waals surface area contributed by atoms with Crippen molar-refractivity contribution in [3.05, 3.63) is 57.4 Å². The fourth-order valence-corrected chi connectivity index (χ4v) is 3.44. The Balaban J connectivity index is 2.06. The third kappa shape index (κ3) is 2.60. The zero-order valence-electron chi connectivity index (χ0n) is 15.5. The van der Waals surface area contributed by atoms with Crippen LogP contribution in [-0.4, -0.2) is 36.8 Å². The Kier molecular flexibility index (Phi) is 4.19. The number of benzene rings is 1. The van der Waals surface area contributed by atoms with Gasteiger partial charge in [0.25, 0.3) is 5.56 Å². The van der Waals surface area contributed by atoms with E-state index in [-0.39, 0.29) is 11.2 Å². The average Bonchev–Trinajstić information content (AvgIpc) is 3.22. The van der Waals surface area contributed by atoms with E-state index < -0.39 is 0 Å². The fourth-order valence-electron chi connectivity index (χ4n) is 3.44. The van der Waals surface area contributed by atoms with E-state index in [1.165, 1.54) is 11.6 Å². The van der Waals surface area contributed by atoms with Gasteiger partial charge in [-0.1, -0.05) is 30.3 Å². The van der Waals surface area contributed by atoms with Crippen molar-refractivity contribution in [3.8, 4) is 11.3 Å². The topological polar surface area (TPSA) is 75.5 Å². The first-order valence-corrected chi connectivity index (χ1v) is 8.76. The van der Waals surface area contributed by atoms with Crippen LogP contribution in [0.3, 0.4) is 0 Å². The molecule has 0 aliphatic rings. The van der Waals surface area contributed by atoms with Gasteiger partial charge in [0.1, 0.15) is 0 Å². The molecule has 0 aliphatic carbocycles. The molecule has 4 aromatic rings. The molecule has 140 valence electrons. The summed E-state index contributed by atoms with van der Waals surface area (Å²) >= 11 is 0. The molecule has 0 fully saturated rings. The van der Waals surface area contributed by atoms with Crippen LogP contribution in [0.15, 0.2) is 46.1 Å². The van der Waals surface area contributed by atoms with Gasteiger partial charge in [0, 0.05) is 40.6 Å². The number of methoxy groups -OCH3 is 1. The monoisotopic (exact) mass is 367 g/mol. The predicted molar refractivity (Wildman–Crippen MR) is 103 cm³/mol. The molecule has 0 saturated heterocycles. The van der Waals surface area contributed by atoms with E-state index in [1.807, 2.05) is 36.5 Å². The Labute approximate surface area is 154 Å². The first-order chi connectivity index (χ1) is 13.0. The number of aromatic nitrogens is 5. The third-order valence-electron chi connectivity index (χ3n) is 4.86. The van der Waals surface area contributed by atoms with E-state index in [1.54, 1.807) is 18.6 Å². The summed E-state index contributed by atoms with van der Waals surface area (Å²) in [5.74, 6) is 0.637. The lowest BCUT2D eigenvalue weighted by Gasteiger charge is -2.08. The molecular formula is C19H21N5O3. The Morgan fingerprint density at radius 1 is 1.07 bits per heavy atom. The van der Waals surface area contributed by atoms with Crippen LogP contribution >= 0.6 is 0 Å². The SMILES string of the molecule is COCCCn1c(-c2ccccc2)cn2c3c(=O)n(C)c(=O)n(C)c3nc12. The van der Waals surface area contributed by atoms with Gasteiger partial charge in [-0.2, -0.15) is 4.98 Å². The van der Waals surface area contributed by atoms with Crippen LogP contribution < -0.4 is 11.2 Å². The maximum atomic E-state index is 12.8. The number of hydrogen-bond donors (Lipinski definition) is 0. The van der Waals surface area contributed by atoms with E-state index in [2.05, 4.69) is 9.55 Å². The Morgan fingerprint density at radius 2 is 1.81 bits per heavy atom. The van der Waals surface area contributed by atoms with Crippen molar-refractivity contribution in [1.29, 1.82) is 0 Å². The lowest BCUT2D eigenvalue weighted by molar-refractivity contribution is 0.191. The second-order valence-electron chi connectivity index (χ2n) is 6.54. The molecule has 8 nitrogen and oxygen atoms in total. The molecule has 0 amide bonds. The average molecular weight is 367 g/mol. The van der Waals surface area contributed by atoms with Crippen LogP contribution in [-0.2, 0) is 25.4 Å². The fraction of sp³-hybridized carbons (Fsp3) is 0.316. The molecule has 4 rings (SSSR count). The lowest BCUT2D eigenvalue weighted by Crippen LogP contribution is -2.37. The van der Waals surface area contributed by atoms with Crippen molar-refractivity contribution in [2.75, 3.05) is 13.7 Å². The highest BCUT2D eigenvalue weighted by Crippen LogP contribution is 2.25. The van der Waals surface area contributed by atoms with Gasteiger partial charge in [0.15, 0.2) is 11.2 Å². The van der Waals surface area contributed by atoms with Crippen molar-refractivity contribution < 1.29 is 4.74 Å². The summed E-state index contributed by atoms with van der Waals surface area (Å²) in [6, 6.07) is 9.97. The van der Waals surface area contributed by atoms with Crippen LogP contribution in [0.25, 0.3) is 28.2 Å². The molecule has 8 heteroatoms. The molecule has 0 N–H and O–H groups in total. The third-order valence-corrected chi connectivity index (χ3v) is 4.86. The minimum Gasteiger partial charge on any atom is -0.385 e.